The molecule has 2 aliphatic rings. The summed E-state index contributed by atoms with van der Waals surface area (Å²) in [4.78, 5) is 2.64. The molecule has 0 aromatic heterocycles. The van der Waals surface area contributed by atoms with Crippen molar-refractivity contribution in [1.82, 2.24) is 10.2 Å². The van der Waals surface area contributed by atoms with Gasteiger partial charge in [0.05, 0.1) is 6.17 Å². The maximum Gasteiger partial charge on any atom is 0.0597 e. The smallest absolute Gasteiger partial charge is 0.0597 e. The molecule has 2 saturated heterocycles. The van der Waals surface area contributed by atoms with Gasteiger partial charge in [-0.05, 0) is 32.4 Å². The van der Waals surface area contributed by atoms with Gasteiger partial charge < -0.3 is 5.32 Å². The molecule has 2 heteroatoms. The Balaban J connectivity index is 1.89. The first kappa shape index (κ1) is 8.52. The Morgan fingerprint density at radius 3 is 2.75 bits per heavy atom. The van der Waals surface area contributed by atoms with Crippen molar-refractivity contribution in [2.75, 3.05) is 19.6 Å². The van der Waals surface area contributed by atoms with Gasteiger partial charge in [0.15, 0.2) is 0 Å². The highest BCUT2D eigenvalue weighted by Crippen LogP contribution is 2.17. The van der Waals surface area contributed by atoms with Crippen LogP contribution in [0.5, 0.6) is 0 Å². The monoisotopic (exact) mass is 168 g/mol. The molecule has 2 rings (SSSR count). The Morgan fingerprint density at radius 2 is 1.75 bits per heavy atom. The van der Waals surface area contributed by atoms with Crippen molar-refractivity contribution in [3.63, 3.8) is 0 Å². The third-order valence-electron chi connectivity index (χ3n) is 3.12. The molecule has 12 heavy (non-hydrogen) atoms. The lowest BCUT2D eigenvalue weighted by molar-refractivity contribution is 0.110. The van der Waals surface area contributed by atoms with Gasteiger partial charge in [0, 0.05) is 6.54 Å². The number of hydrogen-bond donors (Lipinski definition) is 1. The molecule has 2 aliphatic heterocycles. The lowest BCUT2D eigenvalue weighted by Crippen LogP contribution is -2.51. The van der Waals surface area contributed by atoms with Crippen molar-refractivity contribution < 1.29 is 0 Å². The van der Waals surface area contributed by atoms with Crippen molar-refractivity contribution in [2.24, 2.45) is 0 Å². The molecule has 0 aromatic carbocycles. The first-order valence-corrected chi connectivity index (χ1v) is 5.44. The molecule has 1 atom stereocenters. The summed E-state index contributed by atoms with van der Waals surface area (Å²) in [6, 6.07) is 0. The number of rotatable bonds is 0. The molecule has 0 bridgehead atoms. The van der Waals surface area contributed by atoms with E-state index in [9.17, 15) is 0 Å². The Labute approximate surface area is 75.3 Å². The van der Waals surface area contributed by atoms with Crippen molar-refractivity contribution >= 4 is 0 Å². The first-order chi connectivity index (χ1) is 5.97. The van der Waals surface area contributed by atoms with E-state index >= 15 is 0 Å². The molecule has 0 saturated carbocycles. The maximum atomic E-state index is 3.61. The Hall–Kier alpha value is -0.0800. The van der Waals surface area contributed by atoms with Crippen LogP contribution in [0.15, 0.2) is 0 Å². The summed E-state index contributed by atoms with van der Waals surface area (Å²) in [7, 11) is 0. The van der Waals surface area contributed by atoms with Crippen LogP contribution >= 0.6 is 0 Å². The van der Waals surface area contributed by atoms with Gasteiger partial charge in [-0.2, -0.15) is 0 Å². The summed E-state index contributed by atoms with van der Waals surface area (Å²) in [5.41, 5.74) is 0. The molecule has 1 unspecified atom stereocenters. The molecule has 0 aliphatic carbocycles. The second kappa shape index (κ2) is 4.24. The number of fused-ring (bicyclic) bond motifs is 1. The molecule has 2 fully saturated rings. The zero-order valence-corrected chi connectivity index (χ0v) is 7.89. The quantitative estimate of drug-likeness (QED) is 0.590. The zero-order valence-electron chi connectivity index (χ0n) is 7.89. The minimum atomic E-state index is 0.721. The third kappa shape index (κ3) is 1.99. The van der Waals surface area contributed by atoms with Gasteiger partial charge in [0.1, 0.15) is 0 Å². The van der Waals surface area contributed by atoms with E-state index in [0.29, 0.717) is 0 Å². The molecular weight excluding hydrogens is 148 g/mol. The Bertz CT molecular complexity index is 120. The summed E-state index contributed by atoms with van der Waals surface area (Å²) in [6.45, 7) is 3.90. The number of nitrogens with zero attached hydrogens (tertiary/aromatic N) is 1. The molecule has 0 aromatic rings. The summed E-state index contributed by atoms with van der Waals surface area (Å²) in [5.74, 6) is 0. The minimum Gasteiger partial charge on any atom is -0.302 e. The Morgan fingerprint density at radius 1 is 0.917 bits per heavy atom. The average molecular weight is 168 g/mol. The summed E-state index contributed by atoms with van der Waals surface area (Å²) in [6.07, 6.45) is 9.18. The predicted octanol–water partition coefficient (Wildman–Crippen LogP) is 1.57. The van der Waals surface area contributed by atoms with E-state index in [1.807, 2.05) is 0 Å². The molecule has 2 heterocycles. The lowest BCUT2D eigenvalue weighted by atomic mass is 10.0. The zero-order chi connectivity index (χ0) is 8.23. The van der Waals surface area contributed by atoms with Crippen LogP contribution in [-0.4, -0.2) is 30.7 Å². The van der Waals surface area contributed by atoms with E-state index in [-0.39, 0.29) is 0 Å². The first-order valence-electron chi connectivity index (χ1n) is 5.44. The van der Waals surface area contributed by atoms with E-state index in [1.165, 1.54) is 58.2 Å². The summed E-state index contributed by atoms with van der Waals surface area (Å²) >= 11 is 0. The maximum absolute atomic E-state index is 3.61. The number of nitrogens with one attached hydrogen (secondary N) is 1. The molecule has 0 amide bonds. The van der Waals surface area contributed by atoms with E-state index < -0.39 is 0 Å². The molecule has 70 valence electrons. The number of hydrogen-bond acceptors (Lipinski definition) is 2. The standard InChI is InChI=1S/C10H20N2/c1-2-4-8-12-9-5-7-11-10(12)6-3-1/h10-11H,1-9H2. The fraction of sp³-hybridized carbons (Fsp3) is 1.00. The fourth-order valence-electron chi connectivity index (χ4n) is 2.39. The largest absolute Gasteiger partial charge is 0.302 e. The van der Waals surface area contributed by atoms with Crippen LogP contribution in [0.1, 0.15) is 38.5 Å². The van der Waals surface area contributed by atoms with Gasteiger partial charge in [-0.1, -0.05) is 19.3 Å². The van der Waals surface area contributed by atoms with Crippen LogP contribution in [0.2, 0.25) is 0 Å². The molecule has 0 radical (unpaired) electrons. The van der Waals surface area contributed by atoms with Gasteiger partial charge in [0.25, 0.3) is 0 Å². The second-order valence-electron chi connectivity index (χ2n) is 4.06. The van der Waals surface area contributed by atoms with Gasteiger partial charge in [0.2, 0.25) is 0 Å². The van der Waals surface area contributed by atoms with E-state index in [0.717, 1.165) is 6.17 Å². The molecular formula is C10H20N2. The topological polar surface area (TPSA) is 15.3 Å². The highest BCUT2D eigenvalue weighted by atomic mass is 15.3. The van der Waals surface area contributed by atoms with E-state index in [4.69, 9.17) is 0 Å². The van der Waals surface area contributed by atoms with Crippen molar-refractivity contribution in [1.29, 1.82) is 0 Å². The fourth-order valence-corrected chi connectivity index (χ4v) is 2.39. The summed E-state index contributed by atoms with van der Waals surface area (Å²) < 4.78 is 0. The highest BCUT2D eigenvalue weighted by molar-refractivity contribution is 4.76. The lowest BCUT2D eigenvalue weighted by Gasteiger charge is -2.37. The predicted molar refractivity (Wildman–Crippen MR) is 51.1 cm³/mol. The van der Waals surface area contributed by atoms with E-state index in [2.05, 4.69) is 10.2 Å². The van der Waals surface area contributed by atoms with Crippen molar-refractivity contribution in [3.8, 4) is 0 Å². The van der Waals surface area contributed by atoms with Crippen LogP contribution in [0.25, 0.3) is 0 Å². The average Bonchev–Trinajstić information content (AvgIpc) is 2.06. The third-order valence-corrected chi connectivity index (χ3v) is 3.12. The van der Waals surface area contributed by atoms with Crippen molar-refractivity contribution in [3.05, 3.63) is 0 Å². The van der Waals surface area contributed by atoms with Gasteiger partial charge in [-0.3, -0.25) is 4.90 Å². The van der Waals surface area contributed by atoms with Crippen molar-refractivity contribution in [2.45, 2.75) is 44.7 Å². The molecule has 1 N–H and O–H groups in total. The highest BCUT2D eigenvalue weighted by Gasteiger charge is 2.21. The van der Waals surface area contributed by atoms with Gasteiger partial charge >= 0.3 is 0 Å². The molecule has 2 nitrogen and oxygen atoms in total. The SMILES string of the molecule is C1CCCN2CCCNC2CC1. The second-order valence-corrected chi connectivity index (χ2v) is 4.06. The van der Waals surface area contributed by atoms with E-state index in [1.54, 1.807) is 0 Å². The summed E-state index contributed by atoms with van der Waals surface area (Å²) in [5, 5.41) is 3.61. The minimum absolute atomic E-state index is 0.721. The van der Waals surface area contributed by atoms with Crippen LogP contribution in [0.4, 0.5) is 0 Å². The van der Waals surface area contributed by atoms with Crippen LogP contribution in [0.3, 0.4) is 0 Å². The molecule has 0 spiro atoms. The normalized spacial score (nSPS) is 33.5. The Kier molecular flexibility index (Phi) is 3.01. The van der Waals surface area contributed by atoms with Crippen LogP contribution < -0.4 is 5.32 Å². The van der Waals surface area contributed by atoms with Gasteiger partial charge in [-0.15, -0.1) is 0 Å². The van der Waals surface area contributed by atoms with Crippen LogP contribution in [-0.2, 0) is 0 Å². The van der Waals surface area contributed by atoms with Gasteiger partial charge in [-0.25, -0.2) is 0 Å². The van der Waals surface area contributed by atoms with Crippen LogP contribution in [0, 0.1) is 0 Å².